The van der Waals surface area contributed by atoms with Crippen molar-refractivity contribution in [2.45, 2.75) is 37.3 Å². The summed E-state index contributed by atoms with van der Waals surface area (Å²) in [5, 5.41) is 14.9. The number of piperidine rings is 1. The third kappa shape index (κ3) is 3.40. The highest BCUT2D eigenvalue weighted by atomic mass is 16.5. The SMILES string of the molecule is CCOC(=O)CN1CCN([C@@H]2c3ccccc3C3(CCNCC3)[C@H]2O)CC1. The van der Waals surface area contributed by atoms with Crippen molar-refractivity contribution in [3.05, 3.63) is 35.4 Å². The fourth-order valence-electron chi connectivity index (χ4n) is 5.26. The monoisotopic (exact) mass is 373 g/mol. The van der Waals surface area contributed by atoms with E-state index in [1.54, 1.807) is 0 Å². The maximum absolute atomic E-state index is 11.7. The van der Waals surface area contributed by atoms with Crippen LogP contribution in [0.4, 0.5) is 0 Å². The van der Waals surface area contributed by atoms with E-state index in [-0.39, 0.29) is 23.5 Å². The lowest BCUT2D eigenvalue weighted by Gasteiger charge is -2.43. The molecule has 2 aliphatic heterocycles. The van der Waals surface area contributed by atoms with Gasteiger partial charge in [-0.1, -0.05) is 24.3 Å². The van der Waals surface area contributed by atoms with Crippen molar-refractivity contribution >= 4 is 5.97 Å². The number of aliphatic hydroxyl groups is 1. The number of rotatable bonds is 4. The second-order valence-electron chi connectivity index (χ2n) is 8.00. The van der Waals surface area contributed by atoms with Crippen LogP contribution >= 0.6 is 0 Å². The van der Waals surface area contributed by atoms with Crippen molar-refractivity contribution in [1.29, 1.82) is 0 Å². The zero-order valence-corrected chi connectivity index (χ0v) is 16.2. The first-order chi connectivity index (χ1) is 13.2. The molecule has 0 bridgehead atoms. The number of nitrogens with one attached hydrogen (secondary N) is 1. The minimum Gasteiger partial charge on any atom is -0.465 e. The molecule has 0 saturated carbocycles. The van der Waals surface area contributed by atoms with Crippen LogP contribution in [0.25, 0.3) is 0 Å². The van der Waals surface area contributed by atoms with E-state index >= 15 is 0 Å². The Kier molecular flexibility index (Phi) is 5.50. The standard InChI is InChI=1S/C21H31N3O3/c1-2-27-18(25)15-23-11-13-24(14-12-23)19-16-5-3-4-6-17(16)21(20(19)26)7-9-22-10-8-21/h3-6,19-20,22,26H,2,7-15H2,1H3/t19-,20+/m1/s1. The van der Waals surface area contributed by atoms with Crippen LogP contribution in [0.1, 0.15) is 36.9 Å². The molecule has 2 fully saturated rings. The van der Waals surface area contributed by atoms with Gasteiger partial charge in [0.2, 0.25) is 0 Å². The predicted octanol–water partition coefficient (Wildman–Crippen LogP) is 0.904. The molecule has 2 heterocycles. The molecule has 1 aromatic carbocycles. The number of ether oxygens (including phenoxy) is 1. The van der Waals surface area contributed by atoms with Crippen LogP contribution in [-0.2, 0) is 14.9 Å². The molecule has 0 radical (unpaired) electrons. The van der Waals surface area contributed by atoms with E-state index in [0.717, 1.165) is 52.1 Å². The molecule has 6 nitrogen and oxygen atoms in total. The summed E-state index contributed by atoms with van der Waals surface area (Å²) in [6, 6.07) is 8.68. The number of benzene rings is 1. The molecule has 2 atom stereocenters. The third-order valence-electron chi connectivity index (χ3n) is 6.64. The molecule has 0 aromatic heterocycles. The van der Waals surface area contributed by atoms with Gasteiger partial charge in [-0.3, -0.25) is 14.6 Å². The van der Waals surface area contributed by atoms with Gasteiger partial charge in [0, 0.05) is 31.6 Å². The summed E-state index contributed by atoms with van der Waals surface area (Å²) in [6.45, 7) is 7.95. The van der Waals surface area contributed by atoms with Crippen LogP contribution in [0.2, 0.25) is 0 Å². The zero-order chi connectivity index (χ0) is 18.9. The van der Waals surface area contributed by atoms with E-state index in [9.17, 15) is 9.90 Å². The van der Waals surface area contributed by atoms with Crippen molar-refractivity contribution in [3.8, 4) is 0 Å². The van der Waals surface area contributed by atoms with Crippen LogP contribution < -0.4 is 5.32 Å². The second kappa shape index (κ2) is 7.87. The first-order valence-electron chi connectivity index (χ1n) is 10.3. The van der Waals surface area contributed by atoms with Gasteiger partial charge in [-0.25, -0.2) is 0 Å². The molecular weight excluding hydrogens is 342 g/mol. The third-order valence-corrected chi connectivity index (χ3v) is 6.64. The Balaban J connectivity index is 1.49. The van der Waals surface area contributed by atoms with E-state index in [1.807, 2.05) is 6.92 Å². The average molecular weight is 373 g/mol. The smallest absolute Gasteiger partial charge is 0.320 e. The number of piperazine rings is 1. The van der Waals surface area contributed by atoms with Crippen LogP contribution in [-0.4, -0.2) is 79.4 Å². The summed E-state index contributed by atoms with van der Waals surface area (Å²) in [7, 11) is 0. The summed E-state index contributed by atoms with van der Waals surface area (Å²) in [5.41, 5.74) is 2.53. The van der Waals surface area contributed by atoms with Crippen molar-refractivity contribution < 1.29 is 14.6 Å². The lowest BCUT2D eigenvalue weighted by atomic mass is 9.72. The number of hydrogen-bond donors (Lipinski definition) is 2. The maximum Gasteiger partial charge on any atom is 0.320 e. The molecule has 148 valence electrons. The van der Waals surface area contributed by atoms with Crippen molar-refractivity contribution in [2.24, 2.45) is 0 Å². The zero-order valence-electron chi connectivity index (χ0n) is 16.2. The molecular formula is C21H31N3O3. The normalized spacial score (nSPS) is 28.2. The van der Waals surface area contributed by atoms with Crippen LogP contribution in [0.3, 0.4) is 0 Å². The number of hydrogen-bond acceptors (Lipinski definition) is 6. The maximum atomic E-state index is 11.7. The molecule has 0 unspecified atom stereocenters. The minimum atomic E-state index is -0.367. The lowest BCUT2D eigenvalue weighted by Crippen LogP contribution is -2.53. The number of aliphatic hydroxyl groups excluding tert-OH is 1. The van der Waals surface area contributed by atoms with Gasteiger partial charge < -0.3 is 15.2 Å². The van der Waals surface area contributed by atoms with E-state index in [1.165, 1.54) is 11.1 Å². The summed E-state index contributed by atoms with van der Waals surface area (Å²) in [6.07, 6.45) is 1.61. The highest BCUT2D eigenvalue weighted by Crippen LogP contribution is 2.52. The molecule has 2 saturated heterocycles. The molecule has 1 aromatic rings. The quantitative estimate of drug-likeness (QED) is 0.765. The Labute approximate surface area is 161 Å². The summed E-state index contributed by atoms with van der Waals surface area (Å²) >= 11 is 0. The summed E-state index contributed by atoms with van der Waals surface area (Å²) < 4.78 is 5.07. The van der Waals surface area contributed by atoms with Crippen molar-refractivity contribution in [1.82, 2.24) is 15.1 Å². The van der Waals surface area contributed by atoms with Gasteiger partial charge in [0.05, 0.1) is 25.3 Å². The molecule has 27 heavy (non-hydrogen) atoms. The first-order valence-corrected chi connectivity index (χ1v) is 10.3. The van der Waals surface area contributed by atoms with Gasteiger partial charge in [0.25, 0.3) is 0 Å². The Morgan fingerprint density at radius 2 is 1.93 bits per heavy atom. The topological polar surface area (TPSA) is 65.0 Å². The molecule has 6 heteroatoms. The summed E-state index contributed by atoms with van der Waals surface area (Å²) in [5.74, 6) is -0.147. The van der Waals surface area contributed by atoms with Crippen LogP contribution in [0.15, 0.2) is 24.3 Å². The Morgan fingerprint density at radius 3 is 2.63 bits per heavy atom. The second-order valence-corrected chi connectivity index (χ2v) is 8.00. The van der Waals surface area contributed by atoms with E-state index in [0.29, 0.717) is 13.2 Å². The van der Waals surface area contributed by atoms with Crippen LogP contribution in [0.5, 0.6) is 0 Å². The van der Waals surface area contributed by atoms with Gasteiger partial charge in [0.1, 0.15) is 0 Å². The number of esters is 1. The number of fused-ring (bicyclic) bond motifs is 2. The predicted molar refractivity (Wildman–Crippen MR) is 104 cm³/mol. The van der Waals surface area contributed by atoms with E-state index < -0.39 is 0 Å². The number of carbonyl (C=O) groups is 1. The largest absolute Gasteiger partial charge is 0.465 e. The van der Waals surface area contributed by atoms with Gasteiger partial charge in [-0.15, -0.1) is 0 Å². The molecule has 4 rings (SSSR count). The highest BCUT2D eigenvalue weighted by Gasteiger charge is 2.53. The van der Waals surface area contributed by atoms with Gasteiger partial charge in [-0.2, -0.15) is 0 Å². The Bertz CT molecular complexity index is 666. The average Bonchev–Trinajstić information content (AvgIpc) is 2.92. The lowest BCUT2D eigenvalue weighted by molar-refractivity contribution is -0.145. The summed E-state index contributed by atoms with van der Waals surface area (Å²) in [4.78, 5) is 16.3. The van der Waals surface area contributed by atoms with Gasteiger partial charge >= 0.3 is 5.97 Å². The molecule has 1 aliphatic carbocycles. The molecule has 2 N–H and O–H groups in total. The highest BCUT2D eigenvalue weighted by molar-refractivity contribution is 5.71. The van der Waals surface area contributed by atoms with Crippen LogP contribution in [0, 0.1) is 0 Å². The molecule has 1 spiro atoms. The van der Waals surface area contributed by atoms with Gasteiger partial charge in [-0.05, 0) is 44.0 Å². The number of nitrogens with zero attached hydrogens (tertiary/aromatic N) is 2. The fraction of sp³-hybridized carbons (Fsp3) is 0.667. The minimum absolute atomic E-state index is 0.0593. The molecule has 0 amide bonds. The van der Waals surface area contributed by atoms with E-state index in [2.05, 4.69) is 39.4 Å². The number of carbonyl (C=O) groups excluding carboxylic acids is 1. The fourth-order valence-corrected chi connectivity index (χ4v) is 5.26. The molecule has 3 aliphatic rings. The Morgan fingerprint density at radius 1 is 1.22 bits per heavy atom. The van der Waals surface area contributed by atoms with E-state index in [4.69, 9.17) is 4.74 Å². The van der Waals surface area contributed by atoms with Gasteiger partial charge in [0.15, 0.2) is 0 Å². The van der Waals surface area contributed by atoms with Crippen molar-refractivity contribution in [2.75, 3.05) is 52.4 Å². The Hall–Kier alpha value is -1.47. The van der Waals surface area contributed by atoms with Crippen molar-refractivity contribution in [3.63, 3.8) is 0 Å². The first kappa shape index (κ1) is 18.9.